The van der Waals surface area contributed by atoms with Crippen molar-refractivity contribution in [2.45, 2.75) is 6.54 Å². The Kier molecular flexibility index (Phi) is 3.74. The molecule has 2 N–H and O–H groups in total. The van der Waals surface area contributed by atoms with E-state index in [1.54, 1.807) is 6.07 Å². The van der Waals surface area contributed by atoms with Gasteiger partial charge in [-0.05, 0) is 23.8 Å². The van der Waals surface area contributed by atoms with Crippen LogP contribution in [0.25, 0.3) is 0 Å². The first-order valence-corrected chi connectivity index (χ1v) is 4.79. The Labute approximate surface area is 89.6 Å². The SMILES string of the molecule is N=C(S)NCc1cc(F)ccc1Br. The van der Waals surface area contributed by atoms with Crippen LogP contribution in [0.4, 0.5) is 4.39 Å². The summed E-state index contributed by atoms with van der Waals surface area (Å²) in [7, 11) is 0. The van der Waals surface area contributed by atoms with Gasteiger partial charge in [-0.2, -0.15) is 0 Å². The van der Waals surface area contributed by atoms with Crippen molar-refractivity contribution in [1.29, 1.82) is 5.41 Å². The summed E-state index contributed by atoms with van der Waals surface area (Å²) in [5.41, 5.74) is 0.763. The molecule has 70 valence electrons. The highest BCUT2D eigenvalue weighted by Gasteiger charge is 2.01. The third-order valence-electron chi connectivity index (χ3n) is 1.45. The van der Waals surface area contributed by atoms with Crippen molar-refractivity contribution in [2.24, 2.45) is 0 Å². The molecule has 0 aromatic heterocycles. The van der Waals surface area contributed by atoms with E-state index in [9.17, 15) is 4.39 Å². The molecular formula is C8H8BrFN2S. The van der Waals surface area contributed by atoms with E-state index < -0.39 is 0 Å². The average Bonchev–Trinajstić information content (AvgIpc) is 2.06. The van der Waals surface area contributed by atoms with Gasteiger partial charge in [0, 0.05) is 11.0 Å². The van der Waals surface area contributed by atoms with Crippen molar-refractivity contribution < 1.29 is 4.39 Å². The minimum absolute atomic E-state index is 0.0659. The fraction of sp³-hybridized carbons (Fsp3) is 0.125. The van der Waals surface area contributed by atoms with Gasteiger partial charge in [0.2, 0.25) is 0 Å². The first-order chi connectivity index (χ1) is 6.09. The van der Waals surface area contributed by atoms with Crippen molar-refractivity contribution in [3.8, 4) is 0 Å². The Morgan fingerprint density at radius 2 is 2.31 bits per heavy atom. The van der Waals surface area contributed by atoms with E-state index in [4.69, 9.17) is 5.41 Å². The van der Waals surface area contributed by atoms with E-state index in [-0.39, 0.29) is 11.0 Å². The predicted octanol–water partition coefficient (Wildman–Crippen LogP) is 2.54. The smallest absolute Gasteiger partial charge is 0.150 e. The van der Waals surface area contributed by atoms with Crippen molar-refractivity contribution >= 4 is 33.7 Å². The van der Waals surface area contributed by atoms with Crippen LogP contribution in [0, 0.1) is 11.2 Å². The van der Waals surface area contributed by atoms with Gasteiger partial charge in [-0.25, -0.2) is 4.39 Å². The zero-order chi connectivity index (χ0) is 9.84. The van der Waals surface area contributed by atoms with Gasteiger partial charge in [0.25, 0.3) is 0 Å². The first-order valence-electron chi connectivity index (χ1n) is 3.55. The average molecular weight is 263 g/mol. The van der Waals surface area contributed by atoms with Crippen LogP contribution in [0.5, 0.6) is 0 Å². The van der Waals surface area contributed by atoms with Gasteiger partial charge in [-0.3, -0.25) is 5.41 Å². The number of halogens is 2. The predicted molar refractivity (Wildman–Crippen MR) is 57.7 cm³/mol. The highest BCUT2D eigenvalue weighted by atomic mass is 79.9. The number of hydrogen-bond donors (Lipinski definition) is 3. The molecule has 0 aliphatic rings. The van der Waals surface area contributed by atoms with E-state index in [1.165, 1.54) is 12.1 Å². The normalized spacial score (nSPS) is 9.77. The summed E-state index contributed by atoms with van der Waals surface area (Å²) < 4.78 is 13.6. The Hall–Kier alpha value is -0.550. The Balaban J connectivity index is 2.75. The number of thiol groups is 1. The third-order valence-corrected chi connectivity index (χ3v) is 2.39. The largest absolute Gasteiger partial charge is 0.361 e. The second-order valence-electron chi connectivity index (χ2n) is 2.44. The third kappa shape index (κ3) is 3.36. The maximum atomic E-state index is 12.8. The molecule has 5 heteroatoms. The minimum atomic E-state index is -0.286. The van der Waals surface area contributed by atoms with Gasteiger partial charge in [0.05, 0.1) is 0 Å². The second-order valence-corrected chi connectivity index (χ2v) is 3.74. The van der Waals surface area contributed by atoms with Crippen LogP contribution in [0.3, 0.4) is 0 Å². The molecule has 13 heavy (non-hydrogen) atoms. The molecule has 0 spiro atoms. The molecule has 0 radical (unpaired) electrons. The van der Waals surface area contributed by atoms with Gasteiger partial charge < -0.3 is 5.32 Å². The van der Waals surface area contributed by atoms with Crippen molar-refractivity contribution in [3.63, 3.8) is 0 Å². The summed E-state index contributed by atoms with van der Waals surface area (Å²) in [6.45, 7) is 0.390. The Morgan fingerprint density at radius 1 is 1.62 bits per heavy atom. The lowest BCUT2D eigenvalue weighted by Gasteiger charge is -2.05. The van der Waals surface area contributed by atoms with Gasteiger partial charge in [-0.1, -0.05) is 15.9 Å². The fourth-order valence-corrected chi connectivity index (χ4v) is 1.32. The molecule has 2 nitrogen and oxygen atoms in total. The standard InChI is InChI=1S/C8H8BrFN2S/c9-7-2-1-6(10)3-5(7)4-12-8(11)13/h1-3H,4H2,(H3,11,12,13). The topological polar surface area (TPSA) is 35.9 Å². The molecule has 0 fully saturated rings. The zero-order valence-corrected chi connectivity index (χ0v) is 9.12. The molecule has 1 aromatic rings. The lowest BCUT2D eigenvalue weighted by atomic mass is 10.2. The quantitative estimate of drug-likeness (QED) is 0.428. The highest BCUT2D eigenvalue weighted by Crippen LogP contribution is 2.17. The molecule has 1 rings (SSSR count). The van der Waals surface area contributed by atoms with Gasteiger partial charge in [0.1, 0.15) is 5.82 Å². The minimum Gasteiger partial charge on any atom is -0.361 e. The summed E-state index contributed by atoms with van der Waals surface area (Å²) in [5, 5.41) is 9.76. The van der Waals surface area contributed by atoms with Gasteiger partial charge >= 0.3 is 0 Å². The molecular weight excluding hydrogens is 255 g/mol. The van der Waals surface area contributed by atoms with E-state index >= 15 is 0 Å². The van der Waals surface area contributed by atoms with Crippen LogP contribution < -0.4 is 5.32 Å². The summed E-state index contributed by atoms with van der Waals surface area (Å²) in [6, 6.07) is 4.42. The molecule has 1 aromatic carbocycles. The summed E-state index contributed by atoms with van der Waals surface area (Å²) >= 11 is 7.03. The number of benzene rings is 1. The lowest BCUT2D eigenvalue weighted by molar-refractivity contribution is 0.624. The van der Waals surface area contributed by atoms with Crippen LogP contribution in [0.1, 0.15) is 5.56 Å². The second kappa shape index (κ2) is 4.62. The zero-order valence-electron chi connectivity index (χ0n) is 6.64. The van der Waals surface area contributed by atoms with Crippen LogP contribution in [-0.4, -0.2) is 5.17 Å². The van der Waals surface area contributed by atoms with E-state index in [1.807, 2.05) is 0 Å². The van der Waals surface area contributed by atoms with Crippen LogP contribution in [0.15, 0.2) is 22.7 Å². The Bertz CT molecular complexity index is 330. The maximum absolute atomic E-state index is 12.8. The fourth-order valence-electron chi connectivity index (χ4n) is 0.858. The van der Waals surface area contributed by atoms with E-state index in [0.29, 0.717) is 6.54 Å². The molecule has 0 aliphatic heterocycles. The van der Waals surface area contributed by atoms with Gasteiger partial charge in [-0.15, -0.1) is 12.6 Å². The molecule has 0 unspecified atom stereocenters. The van der Waals surface area contributed by atoms with Crippen molar-refractivity contribution in [3.05, 3.63) is 34.1 Å². The molecule has 0 bridgehead atoms. The molecule has 0 heterocycles. The summed E-state index contributed by atoms with van der Waals surface area (Å²) in [4.78, 5) is 0. The van der Waals surface area contributed by atoms with E-state index in [2.05, 4.69) is 33.9 Å². The Morgan fingerprint density at radius 3 is 2.92 bits per heavy atom. The lowest BCUT2D eigenvalue weighted by Crippen LogP contribution is -2.16. The summed E-state index contributed by atoms with van der Waals surface area (Å²) in [6.07, 6.45) is 0. The van der Waals surface area contributed by atoms with Gasteiger partial charge in [0.15, 0.2) is 5.17 Å². The van der Waals surface area contributed by atoms with Crippen molar-refractivity contribution in [2.75, 3.05) is 0 Å². The van der Waals surface area contributed by atoms with Crippen LogP contribution in [0.2, 0.25) is 0 Å². The van der Waals surface area contributed by atoms with Crippen LogP contribution >= 0.6 is 28.6 Å². The molecule has 0 saturated carbocycles. The molecule has 0 aliphatic carbocycles. The van der Waals surface area contributed by atoms with Crippen LogP contribution in [-0.2, 0) is 6.54 Å². The first kappa shape index (κ1) is 10.5. The number of hydrogen-bond acceptors (Lipinski definition) is 1. The maximum Gasteiger partial charge on any atom is 0.150 e. The number of nitrogens with one attached hydrogen (secondary N) is 2. The molecule has 0 saturated heterocycles. The summed E-state index contributed by atoms with van der Waals surface area (Å²) in [5.74, 6) is -0.286. The van der Waals surface area contributed by atoms with Crippen molar-refractivity contribution in [1.82, 2.24) is 5.32 Å². The number of amidine groups is 1. The monoisotopic (exact) mass is 262 g/mol. The molecule has 0 amide bonds. The molecule has 0 atom stereocenters. The highest BCUT2D eigenvalue weighted by molar-refractivity contribution is 9.10. The number of rotatable bonds is 2. The van der Waals surface area contributed by atoms with E-state index in [0.717, 1.165) is 10.0 Å².